The van der Waals surface area contributed by atoms with Gasteiger partial charge in [0.1, 0.15) is 12.3 Å². The first-order chi connectivity index (χ1) is 14.1. The zero-order valence-corrected chi connectivity index (χ0v) is 17.2. The molecule has 0 atom stereocenters. The van der Waals surface area contributed by atoms with Gasteiger partial charge in [-0.2, -0.15) is 0 Å². The number of hydrogen-bond donors (Lipinski definition) is 1. The van der Waals surface area contributed by atoms with E-state index in [1.165, 1.54) is 10.5 Å². The average Bonchev–Trinajstić information content (AvgIpc) is 2.78. The summed E-state index contributed by atoms with van der Waals surface area (Å²) >= 11 is 0. The summed E-state index contributed by atoms with van der Waals surface area (Å²) in [6.07, 6.45) is 7.00. The van der Waals surface area contributed by atoms with E-state index in [0.29, 0.717) is 17.2 Å². The fraction of sp³-hybridized carbons (Fsp3) is 0.364. The van der Waals surface area contributed by atoms with Gasteiger partial charge in [-0.05, 0) is 24.3 Å². The molecule has 0 bridgehead atoms. The van der Waals surface area contributed by atoms with Crippen molar-refractivity contribution in [2.45, 2.75) is 6.54 Å². The van der Waals surface area contributed by atoms with Gasteiger partial charge in [-0.15, -0.1) is 0 Å². The summed E-state index contributed by atoms with van der Waals surface area (Å²) in [7, 11) is 4.74. The van der Waals surface area contributed by atoms with Crippen molar-refractivity contribution in [1.29, 1.82) is 0 Å². The largest absolute Gasteiger partial charge is 0.496 e. The molecule has 1 fully saturated rings. The summed E-state index contributed by atoms with van der Waals surface area (Å²) in [5.74, 6) is 1.80. The molecule has 1 N–H and O–H groups in total. The molecule has 154 valence electrons. The molecule has 0 aliphatic carbocycles. The maximum Gasteiger partial charge on any atom is 0.246 e. The lowest BCUT2D eigenvalue weighted by atomic mass is 10.1. The van der Waals surface area contributed by atoms with Gasteiger partial charge in [-0.3, -0.25) is 9.78 Å². The van der Waals surface area contributed by atoms with Crippen molar-refractivity contribution < 1.29 is 23.9 Å². The Morgan fingerprint density at radius 2 is 1.66 bits per heavy atom. The molecule has 2 aromatic rings. The molecule has 0 saturated carbocycles. The molecule has 3 rings (SSSR count). The van der Waals surface area contributed by atoms with Gasteiger partial charge in [-0.1, -0.05) is 0 Å². The molecule has 1 aliphatic rings. The zero-order valence-electron chi connectivity index (χ0n) is 17.2. The Bertz CT molecular complexity index is 847. The van der Waals surface area contributed by atoms with Crippen LogP contribution in [0.25, 0.3) is 6.08 Å². The highest BCUT2D eigenvalue weighted by Gasteiger charge is 2.22. The van der Waals surface area contributed by atoms with Crippen LogP contribution in [0.1, 0.15) is 11.1 Å². The molecule has 0 unspecified atom stereocenters. The van der Waals surface area contributed by atoms with E-state index in [2.05, 4.69) is 4.98 Å². The smallest absolute Gasteiger partial charge is 0.246 e. The number of nitrogens with one attached hydrogen (secondary N) is 1. The highest BCUT2D eigenvalue weighted by atomic mass is 16.5. The number of rotatable bonds is 7. The average molecular weight is 398 g/mol. The molecule has 1 saturated heterocycles. The lowest BCUT2D eigenvalue weighted by Gasteiger charge is -2.31. The van der Waals surface area contributed by atoms with E-state index in [1.54, 1.807) is 45.6 Å². The maximum atomic E-state index is 12.6. The third-order valence-corrected chi connectivity index (χ3v) is 5.13. The summed E-state index contributed by atoms with van der Waals surface area (Å²) in [6, 6.07) is 7.65. The van der Waals surface area contributed by atoms with Crippen molar-refractivity contribution in [3.8, 4) is 17.2 Å². The molecule has 1 aromatic heterocycles. The number of hydrogen-bond acceptors (Lipinski definition) is 5. The van der Waals surface area contributed by atoms with Crippen LogP contribution >= 0.6 is 0 Å². The zero-order chi connectivity index (χ0) is 20.6. The first-order valence-electron chi connectivity index (χ1n) is 9.64. The molecule has 7 heteroatoms. The van der Waals surface area contributed by atoms with Gasteiger partial charge < -0.3 is 24.0 Å². The van der Waals surface area contributed by atoms with Crippen LogP contribution in [-0.4, -0.2) is 63.3 Å². The normalized spacial score (nSPS) is 14.8. The Balaban J connectivity index is 1.60. The van der Waals surface area contributed by atoms with Crippen LogP contribution in [0.15, 0.2) is 42.7 Å². The Labute approximate surface area is 171 Å². The number of carbonyl (C=O) groups is 1. The van der Waals surface area contributed by atoms with E-state index < -0.39 is 0 Å². The summed E-state index contributed by atoms with van der Waals surface area (Å²) in [5, 5.41) is 0. The second kappa shape index (κ2) is 9.93. The number of carbonyl (C=O) groups excluding carboxylic acids is 1. The van der Waals surface area contributed by atoms with Crippen LogP contribution in [0.2, 0.25) is 0 Å². The van der Waals surface area contributed by atoms with Crippen LogP contribution in [0.4, 0.5) is 0 Å². The third-order valence-electron chi connectivity index (χ3n) is 5.13. The van der Waals surface area contributed by atoms with Crippen LogP contribution in [0.3, 0.4) is 0 Å². The van der Waals surface area contributed by atoms with Crippen molar-refractivity contribution in [2.24, 2.45) is 0 Å². The van der Waals surface area contributed by atoms with Gasteiger partial charge in [0.2, 0.25) is 5.91 Å². The number of nitrogens with zero attached hydrogens (tertiary/aromatic N) is 2. The number of ether oxygens (including phenoxy) is 3. The Morgan fingerprint density at radius 1 is 1.03 bits per heavy atom. The van der Waals surface area contributed by atoms with Crippen molar-refractivity contribution in [2.75, 3.05) is 47.5 Å². The van der Waals surface area contributed by atoms with Crippen molar-refractivity contribution >= 4 is 12.0 Å². The third kappa shape index (κ3) is 5.26. The lowest BCUT2D eigenvalue weighted by molar-refractivity contribution is -0.917. The van der Waals surface area contributed by atoms with Crippen LogP contribution < -0.4 is 19.1 Å². The summed E-state index contributed by atoms with van der Waals surface area (Å²) < 4.78 is 16.1. The molecular weight excluding hydrogens is 370 g/mol. The number of benzene rings is 1. The molecule has 29 heavy (non-hydrogen) atoms. The first-order valence-corrected chi connectivity index (χ1v) is 9.64. The topological polar surface area (TPSA) is 65.3 Å². The van der Waals surface area contributed by atoms with Gasteiger partial charge in [0, 0.05) is 35.7 Å². The monoisotopic (exact) mass is 398 g/mol. The summed E-state index contributed by atoms with van der Waals surface area (Å²) in [4.78, 5) is 20.1. The minimum absolute atomic E-state index is 0.00444. The molecule has 1 amide bonds. The number of methoxy groups -OCH3 is 3. The quantitative estimate of drug-likeness (QED) is 0.707. The minimum atomic E-state index is 0.00444. The van der Waals surface area contributed by atoms with Gasteiger partial charge in [0.25, 0.3) is 0 Å². The van der Waals surface area contributed by atoms with Crippen molar-refractivity contribution in [3.05, 3.63) is 53.9 Å². The van der Waals surface area contributed by atoms with E-state index in [4.69, 9.17) is 14.2 Å². The van der Waals surface area contributed by atoms with Crippen LogP contribution in [0, 0.1) is 0 Å². The summed E-state index contributed by atoms with van der Waals surface area (Å²) in [6.45, 7) is 4.31. The van der Waals surface area contributed by atoms with Crippen molar-refractivity contribution in [1.82, 2.24) is 9.88 Å². The number of amides is 1. The van der Waals surface area contributed by atoms with Gasteiger partial charge in [0.15, 0.2) is 11.5 Å². The van der Waals surface area contributed by atoms with Gasteiger partial charge in [0.05, 0.1) is 47.5 Å². The molecule has 0 radical (unpaired) electrons. The molecule has 1 aromatic carbocycles. The fourth-order valence-electron chi connectivity index (χ4n) is 3.46. The molecule has 2 heterocycles. The molecule has 0 spiro atoms. The molecular formula is C22H28N3O4+. The van der Waals surface area contributed by atoms with E-state index >= 15 is 0 Å². The fourth-order valence-corrected chi connectivity index (χ4v) is 3.46. The van der Waals surface area contributed by atoms with Crippen LogP contribution in [-0.2, 0) is 11.3 Å². The maximum absolute atomic E-state index is 12.6. The standard InChI is InChI=1S/C22H27N3O4/c1-27-19-15-21(29-3)20(28-2)14-18(19)4-5-22(26)25-12-10-24(11-13-25)16-17-6-8-23-9-7-17/h4-9,14-15H,10-13,16H2,1-3H3/p+1/b5-4+. The van der Waals surface area contributed by atoms with E-state index in [-0.39, 0.29) is 5.91 Å². The highest BCUT2D eigenvalue weighted by Crippen LogP contribution is 2.35. The molecule has 7 nitrogen and oxygen atoms in total. The van der Waals surface area contributed by atoms with Crippen molar-refractivity contribution in [3.63, 3.8) is 0 Å². The van der Waals surface area contributed by atoms with E-state index in [9.17, 15) is 4.79 Å². The lowest BCUT2D eigenvalue weighted by Crippen LogP contribution is -3.13. The Morgan fingerprint density at radius 3 is 2.28 bits per heavy atom. The van der Waals surface area contributed by atoms with E-state index in [0.717, 1.165) is 38.3 Å². The molecule has 1 aliphatic heterocycles. The number of quaternary nitrogens is 1. The Hall–Kier alpha value is -3.06. The first kappa shape index (κ1) is 20.7. The predicted molar refractivity (Wildman–Crippen MR) is 110 cm³/mol. The number of aromatic nitrogens is 1. The number of piperazine rings is 1. The summed E-state index contributed by atoms with van der Waals surface area (Å²) in [5.41, 5.74) is 2.04. The second-order valence-corrected chi connectivity index (χ2v) is 6.89. The van der Waals surface area contributed by atoms with Crippen LogP contribution in [0.5, 0.6) is 17.2 Å². The highest BCUT2D eigenvalue weighted by molar-refractivity contribution is 5.92. The van der Waals surface area contributed by atoms with Gasteiger partial charge >= 0.3 is 0 Å². The predicted octanol–water partition coefficient (Wildman–Crippen LogP) is 1.05. The SMILES string of the molecule is COc1cc(OC)c(OC)cc1/C=C/C(=O)N1CC[NH+](Cc2ccncc2)CC1. The second-order valence-electron chi connectivity index (χ2n) is 6.89. The Kier molecular flexibility index (Phi) is 7.08. The minimum Gasteiger partial charge on any atom is -0.496 e. The number of pyridine rings is 1. The van der Waals surface area contributed by atoms with Gasteiger partial charge in [-0.25, -0.2) is 0 Å². The van der Waals surface area contributed by atoms with E-state index in [1.807, 2.05) is 29.4 Å².